The molecule has 0 atom stereocenters. The van der Waals surface area contributed by atoms with Gasteiger partial charge in [0.2, 0.25) is 0 Å². The Hall–Kier alpha value is -4.57. The molecule has 0 radical (unpaired) electrons. The minimum absolute atomic E-state index is 0.0237. The predicted octanol–water partition coefficient (Wildman–Crippen LogP) is 3.93. The standard InChI is InChI=1S/C25H18N2O8/c1-14-4-2-3-5-21(14)26-23(28)19-7-6-15(10-20(19)24(26)29)25(30)34-12-17-9-18(27(31)32)8-16-11-33-13-35-22(16)17/h2-10H,11-13H2,1H3. The van der Waals surface area contributed by atoms with E-state index in [2.05, 4.69) is 0 Å². The van der Waals surface area contributed by atoms with Crippen molar-refractivity contribution in [1.82, 2.24) is 0 Å². The van der Waals surface area contributed by atoms with Crippen LogP contribution in [0.2, 0.25) is 0 Å². The number of para-hydroxylation sites is 1. The number of esters is 1. The summed E-state index contributed by atoms with van der Waals surface area (Å²) in [6.07, 6.45) is 0. The lowest BCUT2D eigenvalue weighted by atomic mass is 10.1. The fraction of sp³-hybridized carbons (Fsp3) is 0.160. The number of non-ortho nitro benzene ring substituents is 1. The Kier molecular flexibility index (Phi) is 5.50. The number of nitro groups is 1. The summed E-state index contributed by atoms with van der Waals surface area (Å²) in [5.41, 5.74) is 2.22. The highest BCUT2D eigenvalue weighted by atomic mass is 16.7. The fourth-order valence-electron chi connectivity index (χ4n) is 4.12. The molecule has 35 heavy (non-hydrogen) atoms. The van der Waals surface area contributed by atoms with Crippen LogP contribution in [0.25, 0.3) is 0 Å². The van der Waals surface area contributed by atoms with Crippen LogP contribution in [0.15, 0.2) is 54.6 Å². The van der Waals surface area contributed by atoms with Gasteiger partial charge in [0.25, 0.3) is 17.5 Å². The Morgan fingerprint density at radius 3 is 2.63 bits per heavy atom. The topological polar surface area (TPSA) is 125 Å². The SMILES string of the molecule is Cc1ccccc1N1C(=O)c2ccc(C(=O)OCc3cc([N+](=O)[O-])cc4c3OCOC4)cc2C1=O. The van der Waals surface area contributed by atoms with Crippen LogP contribution < -0.4 is 9.64 Å². The molecular weight excluding hydrogens is 456 g/mol. The number of benzene rings is 3. The molecule has 3 aromatic rings. The van der Waals surface area contributed by atoms with Crippen molar-refractivity contribution < 1.29 is 33.5 Å². The second-order valence-corrected chi connectivity index (χ2v) is 8.03. The van der Waals surface area contributed by atoms with Gasteiger partial charge >= 0.3 is 5.97 Å². The van der Waals surface area contributed by atoms with E-state index >= 15 is 0 Å². The number of ether oxygens (including phenoxy) is 3. The average Bonchev–Trinajstić information content (AvgIpc) is 3.11. The molecule has 0 saturated heterocycles. The summed E-state index contributed by atoms with van der Waals surface area (Å²) in [4.78, 5) is 50.5. The van der Waals surface area contributed by atoms with E-state index in [0.29, 0.717) is 22.6 Å². The number of hydrogen-bond acceptors (Lipinski definition) is 8. The molecule has 0 fully saturated rings. The summed E-state index contributed by atoms with van der Waals surface area (Å²) in [6.45, 7) is 1.62. The Morgan fingerprint density at radius 2 is 1.86 bits per heavy atom. The Labute approximate surface area is 198 Å². The van der Waals surface area contributed by atoms with Crippen LogP contribution in [-0.4, -0.2) is 29.5 Å². The van der Waals surface area contributed by atoms with Crippen LogP contribution in [0, 0.1) is 17.0 Å². The first-order chi connectivity index (χ1) is 16.8. The maximum atomic E-state index is 13.0. The third-order valence-electron chi connectivity index (χ3n) is 5.82. The van der Waals surface area contributed by atoms with Crippen molar-refractivity contribution in [2.75, 3.05) is 11.7 Å². The highest BCUT2D eigenvalue weighted by Gasteiger charge is 2.37. The van der Waals surface area contributed by atoms with E-state index in [-0.39, 0.29) is 42.4 Å². The van der Waals surface area contributed by atoms with Crippen LogP contribution in [0.1, 0.15) is 47.8 Å². The van der Waals surface area contributed by atoms with Gasteiger partial charge in [0.15, 0.2) is 6.79 Å². The lowest BCUT2D eigenvalue weighted by Crippen LogP contribution is -2.29. The van der Waals surface area contributed by atoms with E-state index in [9.17, 15) is 24.5 Å². The molecule has 10 nitrogen and oxygen atoms in total. The van der Waals surface area contributed by atoms with Crippen molar-refractivity contribution in [2.45, 2.75) is 20.1 Å². The molecule has 5 rings (SSSR count). The van der Waals surface area contributed by atoms with Crippen molar-refractivity contribution in [3.8, 4) is 5.75 Å². The van der Waals surface area contributed by atoms with Gasteiger partial charge < -0.3 is 14.2 Å². The van der Waals surface area contributed by atoms with Crippen molar-refractivity contribution >= 4 is 29.2 Å². The molecule has 0 unspecified atom stereocenters. The zero-order valence-corrected chi connectivity index (χ0v) is 18.5. The Bertz CT molecular complexity index is 1410. The number of imide groups is 1. The molecule has 2 aliphatic rings. The van der Waals surface area contributed by atoms with E-state index in [1.54, 1.807) is 25.1 Å². The largest absolute Gasteiger partial charge is 0.467 e. The van der Waals surface area contributed by atoms with Crippen LogP contribution >= 0.6 is 0 Å². The number of amides is 2. The number of anilines is 1. The van der Waals surface area contributed by atoms with Gasteiger partial charge in [-0.25, -0.2) is 9.69 Å². The van der Waals surface area contributed by atoms with Crippen LogP contribution in [0.3, 0.4) is 0 Å². The molecule has 0 spiro atoms. The van der Waals surface area contributed by atoms with Gasteiger partial charge in [-0.1, -0.05) is 18.2 Å². The number of rotatable bonds is 5. The molecule has 0 aromatic heterocycles. The number of fused-ring (bicyclic) bond motifs is 2. The lowest BCUT2D eigenvalue weighted by Gasteiger charge is -2.20. The molecule has 2 amide bonds. The molecule has 0 aliphatic carbocycles. The number of nitrogens with zero attached hydrogens (tertiary/aromatic N) is 2. The van der Waals surface area contributed by atoms with Crippen LogP contribution in [-0.2, 0) is 22.7 Å². The summed E-state index contributed by atoms with van der Waals surface area (Å²) >= 11 is 0. The van der Waals surface area contributed by atoms with Gasteiger partial charge in [-0.2, -0.15) is 0 Å². The summed E-state index contributed by atoms with van der Waals surface area (Å²) in [7, 11) is 0. The van der Waals surface area contributed by atoms with Gasteiger partial charge in [-0.3, -0.25) is 19.7 Å². The zero-order valence-electron chi connectivity index (χ0n) is 18.5. The van der Waals surface area contributed by atoms with Crippen molar-refractivity contribution in [3.63, 3.8) is 0 Å². The molecule has 2 heterocycles. The normalized spacial score (nSPS) is 14.3. The minimum atomic E-state index is -0.755. The van der Waals surface area contributed by atoms with E-state index in [4.69, 9.17) is 14.2 Å². The Morgan fingerprint density at radius 1 is 1.09 bits per heavy atom. The third-order valence-corrected chi connectivity index (χ3v) is 5.82. The summed E-state index contributed by atoms with van der Waals surface area (Å²) < 4.78 is 16.0. The zero-order chi connectivity index (χ0) is 24.7. The molecule has 0 saturated carbocycles. The third kappa shape index (κ3) is 3.89. The first-order valence-electron chi connectivity index (χ1n) is 10.6. The molecule has 0 N–H and O–H groups in total. The molecule has 0 bridgehead atoms. The first kappa shape index (κ1) is 22.2. The monoisotopic (exact) mass is 474 g/mol. The molecule has 3 aromatic carbocycles. The number of aryl methyl sites for hydroxylation is 1. The second-order valence-electron chi connectivity index (χ2n) is 8.03. The van der Waals surface area contributed by atoms with Crippen LogP contribution in [0.4, 0.5) is 11.4 Å². The quantitative estimate of drug-likeness (QED) is 0.236. The number of hydrogen-bond donors (Lipinski definition) is 0. The average molecular weight is 474 g/mol. The maximum absolute atomic E-state index is 13.0. The summed E-state index contributed by atoms with van der Waals surface area (Å²) in [6, 6.07) is 13.8. The van der Waals surface area contributed by atoms with Crippen molar-refractivity contribution in [3.05, 3.63) is 98.1 Å². The van der Waals surface area contributed by atoms with E-state index in [1.807, 2.05) is 6.07 Å². The highest BCUT2D eigenvalue weighted by molar-refractivity contribution is 6.34. The molecule has 176 valence electrons. The maximum Gasteiger partial charge on any atom is 0.338 e. The van der Waals surface area contributed by atoms with E-state index in [0.717, 1.165) is 10.5 Å². The predicted molar refractivity (Wildman–Crippen MR) is 121 cm³/mol. The second kappa shape index (κ2) is 8.65. The van der Waals surface area contributed by atoms with Gasteiger partial charge in [-0.15, -0.1) is 0 Å². The summed E-state index contributed by atoms with van der Waals surface area (Å²) in [5, 5.41) is 11.3. The fourth-order valence-corrected chi connectivity index (χ4v) is 4.12. The molecule has 10 heteroatoms. The van der Waals surface area contributed by atoms with Gasteiger partial charge in [0, 0.05) is 23.3 Å². The molecule has 2 aliphatic heterocycles. The lowest BCUT2D eigenvalue weighted by molar-refractivity contribution is -0.385. The van der Waals surface area contributed by atoms with Crippen LogP contribution in [0.5, 0.6) is 5.75 Å². The first-order valence-corrected chi connectivity index (χ1v) is 10.6. The smallest absolute Gasteiger partial charge is 0.338 e. The number of carbonyl (C=O) groups is 3. The van der Waals surface area contributed by atoms with E-state index in [1.165, 1.54) is 30.3 Å². The summed E-state index contributed by atoms with van der Waals surface area (Å²) in [5.74, 6) is -1.38. The number of nitro benzene ring substituents is 1. The Balaban J connectivity index is 1.38. The number of carbonyl (C=O) groups excluding carboxylic acids is 3. The molecular formula is C25H18N2O8. The highest BCUT2D eigenvalue weighted by Crippen LogP contribution is 2.34. The van der Waals surface area contributed by atoms with Crippen molar-refractivity contribution in [1.29, 1.82) is 0 Å². The minimum Gasteiger partial charge on any atom is -0.467 e. The van der Waals surface area contributed by atoms with Gasteiger partial charge in [0.05, 0.1) is 33.9 Å². The van der Waals surface area contributed by atoms with Crippen molar-refractivity contribution in [2.24, 2.45) is 0 Å². The van der Waals surface area contributed by atoms with E-state index < -0.39 is 22.7 Å². The van der Waals surface area contributed by atoms with Gasteiger partial charge in [0.1, 0.15) is 12.4 Å². The van der Waals surface area contributed by atoms with Gasteiger partial charge in [-0.05, 0) is 36.8 Å².